The van der Waals surface area contributed by atoms with Crippen LogP contribution in [0.4, 0.5) is 9.93 Å². The summed E-state index contributed by atoms with van der Waals surface area (Å²) in [6.45, 7) is 5.23. The first-order valence-electron chi connectivity index (χ1n) is 8.00. The number of hydrogen-bond acceptors (Lipinski definition) is 10. The summed E-state index contributed by atoms with van der Waals surface area (Å²) in [4.78, 5) is 41.1. The zero-order valence-electron chi connectivity index (χ0n) is 14.7. The van der Waals surface area contributed by atoms with Crippen molar-refractivity contribution in [3.8, 4) is 0 Å². The lowest BCUT2D eigenvalue weighted by Crippen LogP contribution is -2.46. The van der Waals surface area contributed by atoms with Gasteiger partial charge >= 0.3 is 6.03 Å². The van der Waals surface area contributed by atoms with Crippen molar-refractivity contribution in [3.63, 3.8) is 0 Å². The molecule has 11 nitrogen and oxygen atoms in total. The van der Waals surface area contributed by atoms with E-state index in [1.54, 1.807) is 6.92 Å². The lowest BCUT2D eigenvalue weighted by molar-refractivity contribution is -0.130. The number of rotatable bonds is 8. The summed E-state index contributed by atoms with van der Waals surface area (Å²) in [6, 6.07) is -0.609. The topological polar surface area (TPSA) is 144 Å². The van der Waals surface area contributed by atoms with Gasteiger partial charge in [-0.2, -0.15) is 0 Å². The molecule has 1 atom stereocenters. The molecule has 0 saturated heterocycles. The summed E-state index contributed by atoms with van der Waals surface area (Å²) in [6.07, 6.45) is 1.57. The van der Waals surface area contributed by atoms with Gasteiger partial charge in [-0.1, -0.05) is 29.2 Å². The first-order valence-corrected chi connectivity index (χ1v) is 9.87. The number of thioether (sulfide) groups is 1. The van der Waals surface area contributed by atoms with Crippen LogP contribution in [0, 0.1) is 5.92 Å². The van der Waals surface area contributed by atoms with Crippen LogP contribution in [0.3, 0.4) is 0 Å². The molecule has 0 spiro atoms. The Labute approximate surface area is 167 Å². The third-order valence-electron chi connectivity index (χ3n) is 3.64. The zero-order chi connectivity index (χ0) is 20.1. The number of carbonyl (C=O) groups is 3. The number of hydrogen-bond donors (Lipinski definition) is 1. The van der Waals surface area contributed by atoms with Gasteiger partial charge in [-0.15, -0.1) is 27.0 Å². The van der Waals surface area contributed by atoms with Crippen LogP contribution in [0.2, 0.25) is 0 Å². The lowest BCUT2D eigenvalue weighted by Gasteiger charge is -2.27. The molecule has 0 fully saturated rings. The van der Waals surface area contributed by atoms with Crippen molar-refractivity contribution in [3.05, 3.63) is 24.1 Å². The summed E-state index contributed by atoms with van der Waals surface area (Å²) < 4.78 is 5.50. The smallest absolute Gasteiger partial charge is 0.350 e. The van der Waals surface area contributed by atoms with Crippen LogP contribution in [0.1, 0.15) is 12.8 Å². The summed E-state index contributed by atoms with van der Waals surface area (Å²) in [5.41, 5.74) is 1.90. The molecule has 3 rings (SSSR count). The Morgan fingerprint density at radius 3 is 2.96 bits per heavy atom. The molecule has 4 amide bonds. The molecule has 0 radical (unpaired) electrons. The standard InChI is InChI=1S/C15H15N7O4S2/c1-3-4-22-12(24)9(8(2)17-14(22)25)5-11-19-21-15(26-11)27-6-10(23)18-13-20-16-7-28-13/h3,7,9H,1,4-6H2,2H3,(H,18,20,23). The van der Waals surface area contributed by atoms with E-state index in [2.05, 4.69) is 37.3 Å². The fourth-order valence-electron chi connectivity index (χ4n) is 2.35. The highest BCUT2D eigenvalue weighted by atomic mass is 32.2. The Morgan fingerprint density at radius 2 is 2.25 bits per heavy atom. The maximum absolute atomic E-state index is 12.5. The second kappa shape index (κ2) is 8.84. The minimum absolute atomic E-state index is 0.0473. The van der Waals surface area contributed by atoms with Gasteiger partial charge in [0.15, 0.2) is 0 Å². The molecule has 28 heavy (non-hydrogen) atoms. The van der Waals surface area contributed by atoms with Gasteiger partial charge < -0.3 is 4.42 Å². The molecule has 13 heteroatoms. The van der Waals surface area contributed by atoms with E-state index in [4.69, 9.17) is 4.42 Å². The molecule has 2 aromatic heterocycles. The molecule has 1 N–H and O–H groups in total. The van der Waals surface area contributed by atoms with Gasteiger partial charge in [0.25, 0.3) is 5.22 Å². The first kappa shape index (κ1) is 19.8. The Hall–Kier alpha value is -2.93. The third-order valence-corrected chi connectivity index (χ3v) is 5.07. The van der Waals surface area contributed by atoms with Crippen molar-refractivity contribution < 1.29 is 18.8 Å². The summed E-state index contributed by atoms with van der Waals surface area (Å²) in [7, 11) is 0. The maximum atomic E-state index is 12.5. The van der Waals surface area contributed by atoms with Crippen LogP contribution in [-0.2, 0) is 16.0 Å². The van der Waals surface area contributed by atoms with Crippen LogP contribution in [0.25, 0.3) is 0 Å². The van der Waals surface area contributed by atoms with Gasteiger partial charge in [-0.3, -0.25) is 19.8 Å². The van der Waals surface area contributed by atoms with Crippen LogP contribution in [-0.4, -0.2) is 61.1 Å². The summed E-state index contributed by atoms with van der Waals surface area (Å²) in [5.74, 6) is -1.08. The van der Waals surface area contributed by atoms with E-state index in [0.29, 0.717) is 10.8 Å². The zero-order valence-corrected chi connectivity index (χ0v) is 16.3. The quantitative estimate of drug-likeness (QED) is 0.494. The van der Waals surface area contributed by atoms with Crippen molar-refractivity contribution >= 4 is 51.8 Å². The highest BCUT2D eigenvalue weighted by molar-refractivity contribution is 7.99. The highest BCUT2D eigenvalue weighted by Gasteiger charge is 2.36. The monoisotopic (exact) mass is 421 g/mol. The van der Waals surface area contributed by atoms with Crippen molar-refractivity contribution in [2.75, 3.05) is 17.6 Å². The largest absolute Gasteiger partial charge is 0.416 e. The predicted molar refractivity (Wildman–Crippen MR) is 101 cm³/mol. The van der Waals surface area contributed by atoms with Crippen LogP contribution in [0.15, 0.2) is 32.8 Å². The number of nitrogens with zero attached hydrogens (tertiary/aromatic N) is 6. The minimum atomic E-state index is -0.670. The van der Waals surface area contributed by atoms with E-state index >= 15 is 0 Å². The highest BCUT2D eigenvalue weighted by Crippen LogP contribution is 2.22. The summed E-state index contributed by atoms with van der Waals surface area (Å²) >= 11 is 2.26. The van der Waals surface area contributed by atoms with Crippen molar-refractivity contribution in [2.45, 2.75) is 18.6 Å². The van der Waals surface area contributed by atoms with E-state index in [0.717, 1.165) is 16.7 Å². The van der Waals surface area contributed by atoms with Gasteiger partial charge in [0.1, 0.15) is 5.51 Å². The van der Waals surface area contributed by atoms with Gasteiger partial charge in [0.2, 0.25) is 22.8 Å². The average molecular weight is 421 g/mol. The fourth-order valence-corrected chi connectivity index (χ4v) is 3.39. The van der Waals surface area contributed by atoms with Crippen LogP contribution < -0.4 is 5.32 Å². The van der Waals surface area contributed by atoms with Crippen molar-refractivity contribution in [1.29, 1.82) is 0 Å². The lowest BCUT2D eigenvalue weighted by atomic mass is 9.97. The molecule has 0 bridgehead atoms. The minimum Gasteiger partial charge on any atom is -0.416 e. The van der Waals surface area contributed by atoms with E-state index in [1.165, 1.54) is 22.9 Å². The maximum Gasteiger partial charge on any atom is 0.350 e. The van der Waals surface area contributed by atoms with Gasteiger partial charge in [0.05, 0.1) is 11.7 Å². The second-order valence-electron chi connectivity index (χ2n) is 5.57. The number of imide groups is 1. The average Bonchev–Trinajstić information content (AvgIpc) is 3.32. The Morgan fingerprint density at radius 1 is 1.43 bits per heavy atom. The number of nitrogens with one attached hydrogen (secondary N) is 1. The molecule has 0 saturated carbocycles. The Balaban J connectivity index is 1.58. The second-order valence-corrected chi connectivity index (χ2v) is 7.33. The number of amides is 4. The van der Waals surface area contributed by atoms with Gasteiger partial charge in [-0.05, 0) is 6.92 Å². The van der Waals surface area contributed by atoms with E-state index < -0.39 is 11.9 Å². The van der Waals surface area contributed by atoms with Gasteiger partial charge in [0, 0.05) is 18.7 Å². The first-order chi connectivity index (χ1) is 13.5. The molecule has 146 valence electrons. The number of aromatic nitrogens is 4. The molecular formula is C15H15N7O4S2. The molecule has 2 aromatic rings. The summed E-state index contributed by atoms with van der Waals surface area (Å²) in [5, 5.41) is 18.3. The molecule has 0 aromatic carbocycles. The number of carbonyl (C=O) groups excluding carboxylic acids is 3. The normalized spacial score (nSPS) is 16.8. The fraction of sp³-hybridized carbons (Fsp3) is 0.333. The Bertz CT molecular complexity index is 925. The van der Waals surface area contributed by atoms with Crippen molar-refractivity contribution in [1.82, 2.24) is 25.3 Å². The van der Waals surface area contributed by atoms with Crippen molar-refractivity contribution in [2.24, 2.45) is 10.9 Å². The third kappa shape index (κ3) is 4.67. The Kier molecular flexibility index (Phi) is 6.26. The van der Waals surface area contributed by atoms with Crippen LogP contribution >= 0.6 is 23.1 Å². The van der Waals surface area contributed by atoms with E-state index in [-0.39, 0.29) is 41.6 Å². The SMILES string of the molecule is C=CCN1C(=O)N=C(C)C(Cc2nnc(SCC(=O)Nc3nncs3)o2)C1=O. The molecule has 1 aliphatic rings. The van der Waals surface area contributed by atoms with E-state index in [1.807, 2.05) is 0 Å². The number of anilines is 1. The molecular weight excluding hydrogens is 406 g/mol. The molecule has 0 aliphatic carbocycles. The molecule has 1 unspecified atom stereocenters. The number of urea groups is 1. The molecule has 3 heterocycles. The number of aliphatic imine (C=N–C) groups is 1. The predicted octanol–water partition coefficient (Wildman–Crippen LogP) is 1.42. The molecule has 1 aliphatic heterocycles. The van der Waals surface area contributed by atoms with Gasteiger partial charge in [-0.25, -0.2) is 9.79 Å². The van der Waals surface area contributed by atoms with E-state index in [9.17, 15) is 14.4 Å². The van der Waals surface area contributed by atoms with Crippen LogP contribution in [0.5, 0.6) is 0 Å².